The van der Waals surface area contributed by atoms with Crippen LogP contribution in [0.1, 0.15) is 90.5 Å². The predicted octanol–water partition coefficient (Wildman–Crippen LogP) is 7.64. The van der Waals surface area contributed by atoms with Gasteiger partial charge >= 0.3 is 0 Å². The fourth-order valence-electron chi connectivity index (χ4n) is 3.43. The molecular formula is C26H40N2O. The van der Waals surface area contributed by atoms with E-state index in [-0.39, 0.29) is 0 Å². The highest BCUT2D eigenvalue weighted by Crippen LogP contribution is 2.20. The van der Waals surface area contributed by atoms with Gasteiger partial charge in [0.15, 0.2) is 5.82 Å². The average Bonchev–Trinajstić information content (AvgIpc) is 2.76. The third-order valence-corrected chi connectivity index (χ3v) is 5.69. The third-order valence-electron chi connectivity index (χ3n) is 5.69. The molecule has 0 bridgehead atoms. The molecule has 0 N–H and O–H groups in total. The van der Waals surface area contributed by atoms with Gasteiger partial charge in [-0.05, 0) is 61.4 Å². The summed E-state index contributed by atoms with van der Waals surface area (Å²) in [6, 6.07) is 8.16. The molecule has 0 aliphatic heterocycles. The molecule has 1 aromatic heterocycles. The van der Waals surface area contributed by atoms with Crippen LogP contribution in [0.3, 0.4) is 0 Å². The van der Waals surface area contributed by atoms with E-state index in [0.29, 0.717) is 0 Å². The van der Waals surface area contributed by atoms with Crippen molar-refractivity contribution in [2.45, 2.75) is 91.4 Å². The largest absolute Gasteiger partial charge is 0.494 e. The standard InChI is InChI=1S/C26H40N2O/c1-4-6-7-8-9-10-14-23-20-27-26(28-21-23)24-15-17-25(18-16-24)29-19-12-11-13-22(3)5-2/h15-18,20-22H,4-14,19H2,1-3H3. The molecule has 0 fully saturated rings. The lowest BCUT2D eigenvalue weighted by molar-refractivity contribution is 0.300. The lowest BCUT2D eigenvalue weighted by Crippen LogP contribution is -1.99. The molecule has 0 amide bonds. The van der Waals surface area contributed by atoms with Gasteiger partial charge in [-0.3, -0.25) is 0 Å². The summed E-state index contributed by atoms with van der Waals surface area (Å²) in [7, 11) is 0. The first-order chi connectivity index (χ1) is 14.2. The summed E-state index contributed by atoms with van der Waals surface area (Å²) < 4.78 is 5.87. The van der Waals surface area contributed by atoms with Gasteiger partial charge in [0, 0.05) is 18.0 Å². The maximum atomic E-state index is 5.87. The Morgan fingerprint density at radius 2 is 1.52 bits per heavy atom. The van der Waals surface area contributed by atoms with Crippen molar-refractivity contribution in [3.05, 3.63) is 42.2 Å². The summed E-state index contributed by atoms with van der Waals surface area (Å²) in [5.41, 5.74) is 2.28. The Morgan fingerprint density at radius 1 is 0.828 bits per heavy atom. The fraction of sp³-hybridized carbons (Fsp3) is 0.615. The number of ether oxygens (including phenoxy) is 1. The van der Waals surface area contributed by atoms with Crippen LogP contribution in [0.25, 0.3) is 11.4 Å². The number of aromatic nitrogens is 2. The lowest BCUT2D eigenvalue weighted by atomic mass is 10.0. The molecular weight excluding hydrogens is 356 g/mol. The van der Waals surface area contributed by atoms with Gasteiger partial charge in [-0.2, -0.15) is 0 Å². The fourth-order valence-corrected chi connectivity index (χ4v) is 3.43. The van der Waals surface area contributed by atoms with Crippen molar-refractivity contribution in [1.82, 2.24) is 9.97 Å². The molecule has 1 unspecified atom stereocenters. The smallest absolute Gasteiger partial charge is 0.159 e. The van der Waals surface area contributed by atoms with E-state index < -0.39 is 0 Å². The minimum atomic E-state index is 0.789. The molecule has 1 atom stereocenters. The van der Waals surface area contributed by atoms with Gasteiger partial charge in [0.05, 0.1) is 6.61 Å². The molecule has 1 aromatic carbocycles. The van der Waals surface area contributed by atoms with E-state index in [1.165, 1.54) is 63.4 Å². The average molecular weight is 397 g/mol. The maximum absolute atomic E-state index is 5.87. The SMILES string of the molecule is CCCCCCCCc1cnc(-c2ccc(OCCCCC(C)CC)cc2)nc1. The van der Waals surface area contributed by atoms with E-state index in [1.54, 1.807) is 0 Å². The number of unbranched alkanes of at least 4 members (excludes halogenated alkanes) is 6. The molecule has 2 aromatic rings. The Bertz CT molecular complexity index is 651. The topological polar surface area (TPSA) is 35.0 Å². The predicted molar refractivity (Wildman–Crippen MR) is 123 cm³/mol. The molecule has 0 saturated carbocycles. The van der Waals surface area contributed by atoms with Crippen LogP contribution < -0.4 is 4.74 Å². The Morgan fingerprint density at radius 3 is 2.21 bits per heavy atom. The van der Waals surface area contributed by atoms with E-state index in [1.807, 2.05) is 24.5 Å². The van der Waals surface area contributed by atoms with Gasteiger partial charge in [0.25, 0.3) is 0 Å². The molecule has 29 heavy (non-hydrogen) atoms. The van der Waals surface area contributed by atoms with Crippen molar-refractivity contribution in [2.75, 3.05) is 6.61 Å². The van der Waals surface area contributed by atoms with Crippen molar-refractivity contribution >= 4 is 0 Å². The van der Waals surface area contributed by atoms with Gasteiger partial charge in [0.1, 0.15) is 5.75 Å². The summed E-state index contributed by atoms with van der Waals surface area (Å²) >= 11 is 0. The van der Waals surface area contributed by atoms with Crippen LogP contribution in [0, 0.1) is 5.92 Å². The van der Waals surface area contributed by atoms with Gasteiger partial charge in [-0.1, -0.05) is 65.7 Å². The summed E-state index contributed by atoms with van der Waals surface area (Å²) in [6.07, 6.45) is 17.9. The third kappa shape index (κ3) is 9.43. The molecule has 3 nitrogen and oxygen atoms in total. The summed E-state index contributed by atoms with van der Waals surface area (Å²) in [5.74, 6) is 2.54. The minimum absolute atomic E-state index is 0.789. The van der Waals surface area contributed by atoms with E-state index >= 15 is 0 Å². The number of aryl methyl sites for hydroxylation is 1. The molecule has 1 heterocycles. The van der Waals surface area contributed by atoms with Crippen LogP contribution in [0.2, 0.25) is 0 Å². The van der Waals surface area contributed by atoms with Crippen LogP contribution in [0.15, 0.2) is 36.7 Å². The zero-order valence-corrected chi connectivity index (χ0v) is 18.8. The second-order valence-electron chi connectivity index (χ2n) is 8.31. The molecule has 0 aliphatic rings. The molecule has 0 saturated heterocycles. The molecule has 160 valence electrons. The van der Waals surface area contributed by atoms with Crippen LogP contribution in [-0.4, -0.2) is 16.6 Å². The Hall–Kier alpha value is -1.90. The normalized spacial score (nSPS) is 12.1. The van der Waals surface area contributed by atoms with Crippen LogP contribution in [0.5, 0.6) is 5.75 Å². The summed E-state index contributed by atoms with van der Waals surface area (Å²) in [5, 5.41) is 0. The Balaban J connectivity index is 1.70. The van der Waals surface area contributed by atoms with E-state index in [2.05, 4.69) is 42.9 Å². The highest BCUT2D eigenvalue weighted by Gasteiger charge is 2.03. The van der Waals surface area contributed by atoms with Crippen LogP contribution >= 0.6 is 0 Å². The van der Waals surface area contributed by atoms with Crippen molar-refractivity contribution in [3.63, 3.8) is 0 Å². The second kappa shape index (κ2) is 14.1. The zero-order chi connectivity index (χ0) is 20.7. The lowest BCUT2D eigenvalue weighted by Gasteiger charge is -2.09. The van der Waals surface area contributed by atoms with Crippen molar-refractivity contribution < 1.29 is 4.74 Å². The van der Waals surface area contributed by atoms with E-state index in [9.17, 15) is 0 Å². The second-order valence-corrected chi connectivity index (χ2v) is 8.31. The van der Waals surface area contributed by atoms with Crippen molar-refractivity contribution in [3.8, 4) is 17.1 Å². The van der Waals surface area contributed by atoms with Crippen molar-refractivity contribution in [1.29, 1.82) is 0 Å². The number of hydrogen-bond acceptors (Lipinski definition) is 3. The number of hydrogen-bond donors (Lipinski definition) is 0. The summed E-state index contributed by atoms with van der Waals surface area (Å²) in [4.78, 5) is 9.13. The first kappa shape index (κ1) is 23.4. The zero-order valence-electron chi connectivity index (χ0n) is 18.8. The minimum Gasteiger partial charge on any atom is -0.494 e. The van der Waals surface area contributed by atoms with E-state index in [0.717, 1.165) is 42.5 Å². The van der Waals surface area contributed by atoms with Crippen LogP contribution in [-0.2, 0) is 6.42 Å². The molecule has 0 aliphatic carbocycles. The summed E-state index contributed by atoms with van der Waals surface area (Å²) in [6.45, 7) is 7.63. The van der Waals surface area contributed by atoms with Gasteiger partial charge in [0.2, 0.25) is 0 Å². The Kier molecular flexibility index (Phi) is 11.4. The quantitative estimate of drug-likeness (QED) is 0.290. The first-order valence-electron chi connectivity index (χ1n) is 11.8. The number of nitrogens with zero attached hydrogens (tertiary/aromatic N) is 2. The Labute approximate surface area is 178 Å². The monoisotopic (exact) mass is 396 g/mol. The maximum Gasteiger partial charge on any atom is 0.159 e. The highest BCUT2D eigenvalue weighted by atomic mass is 16.5. The molecule has 3 heteroatoms. The molecule has 0 spiro atoms. The number of rotatable bonds is 15. The molecule has 0 radical (unpaired) electrons. The van der Waals surface area contributed by atoms with Gasteiger partial charge in [-0.25, -0.2) is 9.97 Å². The van der Waals surface area contributed by atoms with Gasteiger partial charge in [-0.15, -0.1) is 0 Å². The first-order valence-corrected chi connectivity index (χ1v) is 11.8. The highest BCUT2D eigenvalue weighted by molar-refractivity contribution is 5.55. The van der Waals surface area contributed by atoms with Gasteiger partial charge < -0.3 is 4.74 Å². The van der Waals surface area contributed by atoms with Crippen molar-refractivity contribution in [2.24, 2.45) is 5.92 Å². The number of benzene rings is 1. The van der Waals surface area contributed by atoms with Crippen LogP contribution in [0.4, 0.5) is 0 Å². The van der Waals surface area contributed by atoms with E-state index in [4.69, 9.17) is 4.74 Å². The molecule has 2 rings (SSSR count).